The van der Waals surface area contributed by atoms with E-state index in [1.54, 1.807) is 18.2 Å². The van der Waals surface area contributed by atoms with Gasteiger partial charge in [0, 0.05) is 0 Å². The zero-order chi connectivity index (χ0) is 8.81. The van der Waals surface area contributed by atoms with Crippen LogP contribution in [0.2, 0.25) is 0 Å². The standard InChI is InChI=1S/C10H9NO/c11-8-10-5-2-1-4-9(10)6-3-7-12/h1-6,12H,7H2/b6-3+. The van der Waals surface area contributed by atoms with Gasteiger partial charge in [-0.1, -0.05) is 30.4 Å². The fourth-order valence-electron chi connectivity index (χ4n) is 0.924. The Morgan fingerprint density at radius 3 is 2.83 bits per heavy atom. The minimum absolute atomic E-state index is 0.000235. The first-order chi connectivity index (χ1) is 5.88. The van der Waals surface area contributed by atoms with Gasteiger partial charge in [0.2, 0.25) is 0 Å². The Morgan fingerprint density at radius 1 is 1.42 bits per heavy atom. The van der Waals surface area contributed by atoms with E-state index >= 15 is 0 Å². The van der Waals surface area contributed by atoms with Crippen LogP contribution in [0.1, 0.15) is 11.1 Å². The largest absolute Gasteiger partial charge is 0.392 e. The zero-order valence-corrected chi connectivity index (χ0v) is 6.57. The SMILES string of the molecule is N#Cc1ccccc1/C=C/CO. The number of hydrogen-bond donors (Lipinski definition) is 1. The summed E-state index contributed by atoms with van der Waals surface area (Å²) in [5.41, 5.74) is 1.47. The highest BCUT2D eigenvalue weighted by Crippen LogP contribution is 2.08. The van der Waals surface area contributed by atoms with Crippen molar-refractivity contribution in [1.29, 1.82) is 5.26 Å². The molecule has 0 spiro atoms. The van der Waals surface area contributed by atoms with E-state index in [9.17, 15) is 0 Å². The third kappa shape index (κ3) is 1.94. The molecule has 0 amide bonds. The predicted octanol–water partition coefficient (Wildman–Crippen LogP) is 1.56. The van der Waals surface area contributed by atoms with Gasteiger partial charge in [-0.3, -0.25) is 0 Å². The van der Waals surface area contributed by atoms with Gasteiger partial charge in [-0.05, 0) is 11.6 Å². The van der Waals surface area contributed by atoms with E-state index in [0.29, 0.717) is 5.56 Å². The Bertz CT molecular complexity index is 323. The molecule has 0 unspecified atom stereocenters. The van der Waals surface area contributed by atoms with E-state index in [1.165, 1.54) is 0 Å². The Kier molecular flexibility index (Phi) is 3.06. The van der Waals surface area contributed by atoms with E-state index in [0.717, 1.165) is 5.56 Å². The predicted molar refractivity (Wildman–Crippen MR) is 47.3 cm³/mol. The van der Waals surface area contributed by atoms with Gasteiger partial charge in [-0.15, -0.1) is 0 Å². The molecule has 0 saturated heterocycles. The average molecular weight is 159 g/mol. The van der Waals surface area contributed by atoms with Crippen LogP contribution in [0.15, 0.2) is 30.3 Å². The van der Waals surface area contributed by atoms with Crippen LogP contribution in [0, 0.1) is 11.3 Å². The zero-order valence-electron chi connectivity index (χ0n) is 6.57. The maximum Gasteiger partial charge on any atom is 0.0997 e. The van der Waals surface area contributed by atoms with E-state index in [-0.39, 0.29) is 6.61 Å². The second kappa shape index (κ2) is 4.32. The molecule has 0 aromatic heterocycles. The molecule has 0 atom stereocenters. The molecule has 12 heavy (non-hydrogen) atoms. The molecule has 60 valence electrons. The average Bonchev–Trinajstić information content (AvgIpc) is 2.15. The summed E-state index contributed by atoms with van der Waals surface area (Å²) in [5.74, 6) is 0. The minimum atomic E-state index is -0.000235. The van der Waals surface area contributed by atoms with Crippen molar-refractivity contribution < 1.29 is 5.11 Å². The Balaban J connectivity index is 2.99. The van der Waals surface area contributed by atoms with E-state index in [2.05, 4.69) is 6.07 Å². The molecule has 0 aliphatic carbocycles. The molecular weight excluding hydrogens is 150 g/mol. The van der Waals surface area contributed by atoms with Crippen molar-refractivity contribution in [3.05, 3.63) is 41.5 Å². The summed E-state index contributed by atoms with van der Waals surface area (Å²) in [6.45, 7) is -0.000235. The maximum atomic E-state index is 8.67. The monoisotopic (exact) mass is 159 g/mol. The topological polar surface area (TPSA) is 44.0 Å². The molecule has 0 radical (unpaired) electrons. The molecule has 0 aliphatic heterocycles. The Labute approximate surface area is 71.4 Å². The molecule has 0 bridgehead atoms. The van der Waals surface area contributed by atoms with Crippen LogP contribution in [0.4, 0.5) is 0 Å². The molecule has 0 heterocycles. The molecular formula is C10H9NO. The van der Waals surface area contributed by atoms with E-state index in [4.69, 9.17) is 10.4 Å². The summed E-state index contributed by atoms with van der Waals surface area (Å²) in [7, 11) is 0. The third-order valence-corrected chi connectivity index (χ3v) is 1.48. The van der Waals surface area contributed by atoms with Crippen LogP contribution in [0.5, 0.6) is 0 Å². The van der Waals surface area contributed by atoms with Crippen LogP contribution in [-0.2, 0) is 0 Å². The molecule has 1 N–H and O–H groups in total. The Morgan fingerprint density at radius 2 is 2.17 bits per heavy atom. The lowest BCUT2D eigenvalue weighted by Crippen LogP contribution is -1.80. The lowest BCUT2D eigenvalue weighted by Gasteiger charge is -1.94. The highest BCUT2D eigenvalue weighted by molar-refractivity contribution is 5.57. The van der Waals surface area contributed by atoms with Crippen molar-refractivity contribution in [2.45, 2.75) is 0 Å². The number of aliphatic hydroxyl groups is 1. The number of hydrogen-bond acceptors (Lipinski definition) is 2. The number of rotatable bonds is 2. The van der Waals surface area contributed by atoms with Crippen molar-refractivity contribution in [1.82, 2.24) is 0 Å². The molecule has 1 aromatic rings. The van der Waals surface area contributed by atoms with Crippen LogP contribution >= 0.6 is 0 Å². The molecule has 0 saturated carbocycles. The van der Waals surface area contributed by atoms with Gasteiger partial charge in [0.25, 0.3) is 0 Å². The van der Waals surface area contributed by atoms with Gasteiger partial charge in [-0.25, -0.2) is 0 Å². The quantitative estimate of drug-likeness (QED) is 0.711. The molecule has 1 rings (SSSR count). The van der Waals surface area contributed by atoms with Crippen molar-refractivity contribution in [3.63, 3.8) is 0 Å². The van der Waals surface area contributed by atoms with Crippen LogP contribution in [0.3, 0.4) is 0 Å². The van der Waals surface area contributed by atoms with Gasteiger partial charge in [-0.2, -0.15) is 5.26 Å². The summed E-state index contributed by atoms with van der Waals surface area (Å²) in [6.07, 6.45) is 3.34. The van der Waals surface area contributed by atoms with Crippen LogP contribution in [-0.4, -0.2) is 11.7 Å². The van der Waals surface area contributed by atoms with Gasteiger partial charge in [0.05, 0.1) is 18.2 Å². The number of benzene rings is 1. The first-order valence-corrected chi connectivity index (χ1v) is 3.65. The number of nitrogens with zero attached hydrogens (tertiary/aromatic N) is 1. The molecule has 0 fully saturated rings. The highest BCUT2D eigenvalue weighted by Gasteiger charge is 1.93. The molecule has 0 aliphatic rings. The lowest BCUT2D eigenvalue weighted by molar-refractivity contribution is 0.343. The van der Waals surface area contributed by atoms with Crippen molar-refractivity contribution in [2.75, 3.05) is 6.61 Å². The highest BCUT2D eigenvalue weighted by atomic mass is 16.2. The van der Waals surface area contributed by atoms with E-state index < -0.39 is 0 Å². The summed E-state index contributed by atoms with van der Waals surface area (Å²) < 4.78 is 0. The number of aliphatic hydroxyl groups excluding tert-OH is 1. The minimum Gasteiger partial charge on any atom is -0.392 e. The summed E-state index contributed by atoms with van der Waals surface area (Å²) in [5, 5.41) is 17.2. The first kappa shape index (κ1) is 8.51. The fourth-order valence-corrected chi connectivity index (χ4v) is 0.924. The van der Waals surface area contributed by atoms with Gasteiger partial charge in [0.1, 0.15) is 0 Å². The molecule has 1 aromatic carbocycles. The van der Waals surface area contributed by atoms with Crippen molar-refractivity contribution >= 4 is 6.08 Å². The van der Waals surface area contributed by atoms with E-state index in [1.807, 2.05) is 18.2 Å². The van der Waals surface area contributed by atoms with Crippen molar-refractivity contribution in [2.24, 2.45) is 0 Å². The lowest BCUT2D eigenvalue weighted by atomic mass is 10.1. The van der Waals surface area contributed by atoms with Crippen molar-refractivity contribution in [3.8, 4) is 6.07 Å². The molecule has 2 nitrogen and oxygen atoms in total. The van der Waals surface area contributed by atoms with Gasteiger partial charge >= 0.3 is 0 Å². The second-order valence-corrected chi connectivity index (χ2v) is 2.28. The summed E-state index contributed by atoms with van der Waals surface area (Å²) in [4.78, 5) is 0. The summed E-state index contributed by atoms with van der Waals surface area (Å²) >= 11 is 0. The Hall–Kier alpha value is -1.59. The van der Waals surface area contributed by atoms with Gasteiger partial charge < -0.3 is 5.11 Å². The first-order valence-electron chi connectivity index (χ1n) is 3.65. The second-order valence-electron chi connectivity index (χ2n) is 2.28. The third-order valence-electron chi connectivity index (χ3n) is 1.48. The molecule has 2 heteroatoms. The van der Waals surface area contributed by atoms with Crippen LogP contribution < -0.4 is 0 Å². The maximum absolute atomic E-state index is 8.67. The normalized spacial score (nSPS) is 10.0. The number of nitriles is 1. The smallest absolute Gasteiger partial charge is 0.0997 e. The van der Waals surface area contributed by atoms with Crippen LogP contribution in [0.25, 0.3) is 6.08 Å². The summed E-state index contributed by atoms with van der Waals surface area (Å²) in [6, 6.07) is 9.33. The fraction of sp³-hybridized carbons (Fsp3) is 0.100. The van der Waals surface area contributed by atoms with Gasteiger partial charge in [0.15, 0.2) is 0 Å².